The van der Waals surface area contributed by atoms with Gasteiger partial charge in [-0.15, -0.1) is 0 Å². The molecule has 1 N–H and O–H groups in total. The fourth-order valence-corrected chi connectivity index (χ4v) is 2.30. The van der Waals surface area contributed by atoms with Crippen LogP contribution in [0.4, 0.5) is 0 Å². The van der Waals surface area contributed by atoms with Crippen molar-refractivity contribution in [1.29, 1.82) is 0 Å². The Labute approximate surface area is 98.5 Å². The van der Waals surface area contributed by atoms with Crippen molar-refractivity contribution in [1.82, 2.24) is 10.3 Å². The Morgan fingerprint density at radius 3 is 2.94 bits per heavy atom. The van der Waals surface area contributed by atoms with E-state index in [4.69, 9.17) is 0 Å². The SMILES string of the molecule is CC(CC1CCC1)NCCc1ccccn1. The van der Waals surface area contributed by atoms with Gasteiger partial charge in [-0.05, 0) is 31.4 Å². The van der Waals surface area contributed by atoms with Crippen molar-refractivity contribution in [3.63, 3.8) is 0 Å². The number of rotatable bonds is 6. The first-order valence-electron chi connectivity index (χ1n) is 6.48. The van der Waals surface area contributed by atoms with Crippen LogP contribution in [-0.2, 0) is 6.42 Å². The maximum atomic E-state index is 4.32. The van der Waals surface area contributed by atoms with Gasteiger partial charge < -0.3 is 5.32 Å². The van der Waals surface area contributed by atoms with Crippen molar-refractivity contribution in [3.8, 4) is 0 Å². The molecule has 1 fully saturated rings. The average Bonchev–Trinajstić information content (AvgIpc) is 2.25. The molecule has 0 radical (unpaired) electrons. The second-order valence-electron chi connectivity index (χ2n) is 4.96. The fourth-order valence-electron chi connectivity index (χ4n) is 2.30. The van der Waals surface area contributed by atoms with Crippen molar-refractivity contribution in [2.45, 2.75) is 45.1 Å². The Balaban J connectivity index is 1.60. The summed E-state index contributed by atoms with van der Waals surface area (Å²) in [6.07, 6.45) is 8.61. The Morgan fingerprint density at radius 1 is 1.44 bits per heavy atom. The minimum atomic E-state index is 0.661. The predicted octanol–water partition coefficient (Wildman–Crippen LogP) is 2.79. The summed E-state index contributed by atoms with van der Waals surface area (Å²) in [4.78, 5) is 4.32. The molecule has 1 aliphatic rings. The van der Waals surface area contributed by atoms with Crippen molar-refractivity contribution in [2.75, 3.05) is 6.54 Å². The van der Waals surface area contributed by atoms with Crippen molar-refractivity contribution in [3.05, 3.63) is 30.1 Å². The van der Waals surface area contributed by atoms with E-state index < -0.39 is 0 Å². The molecule has 0 amide bonds. The highest BCUT2D eigenvalue weighted by atomic mass is 14.9. The molecule has 1 aromatic rings. The van der Waals surface area contributed by atoms with Gasteiger partial charge in [0.1, 0.15) is 0 Å². The highest BCUT2D eigenvalue weighted by Crippen LogP contribution is 2.30. The standard InChI is InChI=1S/C14H22N2/c1-12(11-13-5-4-6-13)15-10-8-14-7-2-3-9-16-14/h2-3,7,9,12-13,15H,4-6,8,10-11H2,1H3. The van der Waals surface area contributed by atoms with Crippen LogP contribution >= 0.6 is 0 Å². The molecule has 0 aliphatic heterocycles. The second kappa shape index (κ2) is 6.00. The van der Waals surface area contributed by atoms with E-state index in [1.54, 1.807) is 0 Å². The molecule has 0 aromatic carbocycles. The van der Waals surface area contributed by atoms with Crippen LogP contribution in [0.5, 0.6) is 0 Å². The largest absolute Gasteiger partial charge is 0.314 e. The quantitative estimate of drug-likeness (QED) is 0.794. The lowest BCUT2D eigenvalue weighted by Crippen LogP contribution is -2.31. The Bertz CT molecular complexity index is 293. The minimum absolute atomic E-state index is 0.661. The average molecular weight is 218 g/mol. The van der Waals surface area contributed by atoms with Gasteiger partial charge in [-0.3, -0.25) is 4.98 Å². The van der Waals surface area contributed by atoms with Crippen LogP contribution in [0.25, 0.3) is 0 Å². The molecule has 1 aliphatic carbocycles. The molecule has 1 saturated carbocycles. The number of aromatic nitrogens is 1. The maximum absolute atomic E-state index is 4.32. The lowest BCUT2D eigenvalue weighted by atomic mass is 9.81. The summed E-state index contributed by atoms with van der Waals surface area (Å²) in [7, 11) is 0. The van der Waals surface area contributed by atoms with Gasteiger partial charge >= 0.3 is 0 Å². The summed E-state index contributed by atoms with van der Waals surface area (Å²) in [6.45, 7) is 3.35. The molecule has 2 rings (SSSR count). The Kier molecular flexibility index (Phi) is 4.34. The number of pyridine rings is 1. The Morgan fingerprint density at radius 2 is 2.31 bits per heavy atom. The first-order chi connectivity index (χ1) is 7.84. The highest BCUT2D eigenvalue weighted by molar-refractivity contribution is 5.03. The molecule has 88 valence electrons. The van der Waals surface area contributed by atoms with E-state index in [1.165, 1.54) is 31.4 Å². The summed E-state index contributed by atoms with van der Waals surface area (Å²) in [5.41, 5.74) is 1.19. The van der Waals surface area contributed by atoms with Crippen LogP contribution < -0.4 is 5.32 Å². The number of hydrogen-bond acceptors (Lipinski definition) is 2. The summed E-state index contributed by atoms with van der Waals surface area (Å²) in [5, 5.41) is 3.59. The van der Waals surface area contributed by atoms with Gasteiger partial charge in [-0.25, -0.2) is 0 Å². The molecule has 0 bridgehead atoms. The van der Waals surface area contributed by atoms with Crippen LogP contribution in [0.1, 0.15) is 38.3 Å². The normalized spacial score (nSPS) is 18.1. The van der Waals surface area contributed by atoms with Gasteiger partial charge in [-0.1, -0.05) is 25.3 Å². The van der Waals surface area contributed by atoms with Gasteiger partial charge in [0.25, 0.3) is 0 Å². The van der Waals surface area contributed by atoms with Gasteiger partial charge in [0, 0.05) is 30.9 Å². The first-order valence-corrected chi connectivity index (χ1v) is 6.48. The van der Waals surface area contributed by atoms with Crippen molar-refractivity contribution >= 4 is 0 Å². The van der Waals surface area contributed by atoms with Crippen LogP contribution in [0.3, 0.4) is 0 Å². The number of hydrogen-bond donors (Lipinski definition) is 1. The summed E-state index contributed by atoms with van der Waals surface area (Å²) in [5.74, 6) is 0.998. The van der Waals surface area contributed by atoms with E-state index in [2.05, 4.69) is 29.4 Å². The van der Waals surface area contributed by atoms with Crippen molar-refractivity contribution < 1.29 is 0 Å². The summed E-state index contributed by atoms with van der Waals surface area (Å²) in [6, 6.07) is 6.78. The molecule has 0 saturated heterocycles. The lowest BCUT2D eigenvalue weighted by molar-refractivity contribution is 0.266. The zero-order valence-electron chi connectivity index (χ0n) is 10.2. The highest BCUT2D eigenvalue weighted by Gasteiger charge is 2.19. The van der Waals surface area contributed by atoms with Crippen LogP contribution in [0, 0.1) is 5.92 Å². The monoisotopic (exact) mass is 218 g/mol. The zero-order chi connectivity index (χ0) is 11.2. The van der Waals surface area contributed by atoms with E-state index in [9.17, 15) is 0 Å². The lowest BCUT2D eigenvalue weighted by Gasteiger charge is -2.28. The molecule has 1 heterocycles. The third-order valence-corrected chi connectivity index (χ3v) is 3.51. The molecular weight excluding hydrogens is 196 g/mol. The molecule has 0 spiro atoms. The van der Waals surface area contributed by atoms with Gasteiger partial charge in [0.15, 0.2) is 0 Å². The van der Waals surface area contributed by atoms with E-state index in [0.717, 1.165) is 18.9 Å². The van der Waals surface area contributed by atoms with E-state index in [0.29, 0.717) is 6.04 Å². The molecule has 16 heavy (non-hydrogen) atoms. The third-order valence-electron chi connectivity index (χ3n) is 3.51. The predicted molar refractivity (Wildman–Crippen MR) is 67.4 cm³/mol. The van der Waals surface area contributed by atoms with Crippen molar-refractivity contribution in [2.24, 2.45) is 5.92 Å². The minimum Gasteiger partial charge on any atom is -0.314 e. The fraction of sp³-hybridized carbons (Fsp3) is 0.643. The van der Waals surface area contributed by atoms with Gasteiger partial charge in [-0.2, -0.15) is 0 Å². The summed E-state index contributed by atoms with van der Waals surface area (Å²) >= 11 is 0. The van der Waals surface area contributed by atoms with E-state index in [-0.39, 0.29) is 0 Å². The Hall–Kier alpha value is -0.890. The smallest absolute Gasteiger partial charge is 0.0416 e. The summed E-state index contributed by atoms with van der Waals surface area (Å²) < 4.78 is 0. The van der Waals surface area contributed by atoms with E-state index in [1.807, 2.05) is 12.3 Å². The molecule has 1 atom stereocenters. The van der Waals surface area contributed by atoms with Crippen LogP contribution in [-0.4, -0.2) is 17.6 Å². The third kappa shape index (κ3) is 3.60. The first kappa shape index (κ1) is 11.6. The second-order valence-corrected chi connectivity index (χ2v) is 4.96. The molecule has 1 aromatic heterocycles. The maximum Gasteiger partial charge on any atom is 0.0416 e. The van der Waals surface area contributed by atoms with Gasteiger partial charge in [0.05, 0.1) is 0 Å². The topological polar surface area (TPSA) is 24.9 Å². The molecular formula is C14H22N2. The zero-order valence-corrected chi connectivity index (χ0v) is 10.2. The van der Waals surface area contributed by atoms with Crippen LogP contribution in [0.15, 0.2) is 24.4 Å². The number of nitrogens with one attached hydrogen (secondary N) is 1. The van der Waals surface area contributed by atoms with Crippen LogP contribution in [0.2, 0.25) is 0 Å². The van der Waals surface area contributed by atoms with Gasteiger partial charge in [0.2, 0.25) is 0 Å². The molecule has 2 nitrogen and oxygen atoms in total. The van der Waals surface area contributed by atoms with E-state index >= 15 is 0 Å². The number of nitrogens with zero attached hydrogens (tertiary/aromatic N) is 1. The molecule has 2 heteroatoms. The molecule has 1 unspecified atom stereocenters.